The van der Waals surface area contributed by atoms with Crippen molar-refractivity contribution in [2.45, 2.75) is 26.4 Å². The maximum Gasteiger partial charge on any atom is 0.239 e. The highest BCUT2D eigenvalue weighted by Gasteiger charge is 2.20. The number of hydrogen-bond donors (Lipinski definition) is 4. The first-order valence-corrected chi connectivity index (χ1v) is 10.4. The Hall–Kier alpha value is -3.96. The Morgan fingerprint density at radius 3 is 2.35 bits per heavy atom. The fourth-order valence-corrected chi connectivity index (χ4v) is 2.64. The molecule has 0 atom stereocenters. The van der Waals surface area contributed by atoms with Crippen molar-refractivity contribution in [2.24, 2.45) is 0 Å². The van der Waals surface area contributed by atoms with E-state index >= 15 is 0 Å². The maximum atomic E-state index is 14.4. The number of amides is 1. The van der Waals surface area contributed by atoms with Gasteiger partial charge in [0.05, 0.1) is 44.4 Å². The number of hydrogen-bond acceptors (Lipinski definition) is 9. The molecule has 0 bridgehead atoms. The Bertz CT molecular complexity index is 974. The van der Waals surface area contributed by atoms with Gasteiger partial charge in [0.2, 0.25) is 11.9 Å². The van der Waals surface area contributed by atoms with Gasteiger partial charge in [-0.15, -0.1) is 0 Å². The molecule has 1 amide bonds. The number of carbonyl (C=O) groups is 1. The van der Waals surface area contributed by atoms with Crippen LogP contribution in [-0.2, 0) is 11.4 Å². The van der Waals surface area contributed by atoms with E-state index in [4.69, 9.17) is 19.6 Å². The summed E-state index contributed by atoms with van der Waals surface area (Å²) in [4.78, 5) is 19.8. The van der Waals surface area contributed by atoms with Crippen LogP contribution in [0.1, 0.15) is 25.3 Å². The third kappa shape index (κ3) is 7.57. The molecule has 0 aliphatic heterocycles. The standard InChI is InChI=1S/C22H28F2N6O4/c1-4-5-6-27-19(31)12-26-9-14(8-25)30-22-28-10-15(11-29-22)34-13-16-20(23)17(32-2)7-18(33-3)21(16)24/h7-11,25-26H,4-6,12-13H2,1-3H3,(H,27,31)(H,28,29,30)/b14-9+,25-8?. The van der Waals surface area contributed by atoms with Crippen LogP contribution in [0.3, 0.4) is 0 Å². The van der Waals surface area contributed by atoms with Gasteiger partial charge in [-0.05, 0) is 6.42 Å². The number of nitrogens with zero attached hydrogens (tertiary/aromatic N) is 2. The molecule has 1 heterocycles. The SMILES string of the molecule is CCCCNC(=O)CN/C=C(\C=N)Nc1ncc(OCc2c(F)c(OC)cc(OC)c2F)cn1. The number of rotatable bonds is 14. The van der Waals surface area contributed by atoms with E-state index in [1.807, 2.05) is 6.92 Å². The van der Waals surface area contributed by atoms with Gasteiger partial charge in [0.15, 0.2) is 28.9 Å². The van der Waals surface area contributed by atoms with Crippen LogP contribution in [-0.4, -0.2) is 49.4 Å². The average Bonchev–Trinajstić information content (AvgIpc) is 2.84. The summed E-state index contributed by atoms with van der Waals surface area (Å²) >= 11 is 0. The lowest BCUT2D eigenvalue weighted by atomic mass is 10.1. The van der Waals surface area contributed by atoms with Gasteiger partial charge in [-0.2, -0.15) is 0 Å². The van der Waals surface area contributed by atoms with Gasteiger partial charge in [0, 0.05) is 25.0 Å². The van der Waals surface area contributed by atoms with Crippen molar-refractivity contribution in [2.75, 3.05) is 32.6 Å². The van der Waals surface area contributed by atoms with Crippen LogP contribution in [0.5, 0.6) is 17.2 Å². The zero-order valence-corrected chi connectivity index (χ0v) is 19.2. The molecule has 1 aromatic heterocycles. The number of aromatic nitrogens is 2. The molecule has 10 nitrogen and oxygen atoms in total. The van der Waals surface area contributed by atoms with Crippen molar-refractivity contribution in [1.82, 2.24) is 20.6 Å². The van der Waals surface area contributed by atoms with E-state index in [-0.39, 0.29) is 41.2 Å². The Kier molecular flexibility index (Phi) is 10.5. The highest BCUT2D eigenvalue weighted by atomic mass is 19.1. The van der Waals surface area contributed by atoms with Gasteiger partial charge in [0.25, 0.3) is 0 Å². The molecule has 0 aliphatic carbocycles. The fraction of sp³-hybridized carbons (Fsp3) is 0.364. The summed E-state index contributed by atoms with van der Waals surface area (Å²) in [6, 6.07) is 1.11. The minimum absolute atomic E-state index is 0.0541. The number of halogens is 2. The normalized spacial score (nSPS) is 10.9. The van der Waals surface area contributed by atoms with Gasteiger partial charge < -0.3 is 35.6 Å². The summed E-state index contributed by atoms with van der Waals surface area (Å²) in [7, 11) is 2.52. The molecule has 4 N–H and O–H groups in total. The molecule has 0 spiro atoms. The molecule has 1 aromatic carbocycles. The van der Waals surface area contributed by atoms with Crippen LogP contribution in [0.25, 0.3) is 0 Å². The lowest BCUT2D eigenvalue weighted by molar-refractivity contribution is -0.120. The van der Waals surface area contributed by atoms with Crippen LogP contribution in [0.15, 0.2) is 30.4 Å². The number of nitrogens with one attached hydrogen (secondary N) is 4. The van der Waals surface area contributed by atoms with Crippen molar-refractivity contribution >= 4 is 18.1 Å². The Morgan fingerprint density at radius 2 is 1.79 bits per heavy atom. The Labute approximate surface area is 196 Å². The third-order valence-electron chi connectivity index (χ3n) is 4.46. The maximum absolute atomic E-state index is 14.4. The predicted octanol–water partition coefficient (Wildman–Crippen LogP) is 2.76. The minimum atomic E-state index is -0.896. The summed E-state index contributed by atoms with van der Waals surface area (Å²) in [5, 5.41) is 15.8. The van der Waals surface area contributed by atoms with E-state index in [1.165, 1.54) is 32.8 Å². The largest absolute Gasteiger partial charge is 0.494 e. The molecule has 0 radical (unpaired) electrons. The van der Waals surface area contributed by atoms with Crippen LogP contribution in [0, 0.1) is 17.0 Å². The van der Waals surface area contributed by atoms with Gasteiger partial charge in [-0.25, -0.2) is 18.7 Å². The molecule has 2 rings (SSSR count). The highest BCUT2D eigenvalue weighted by molar-refractivity contribution is 5.80. The molecular formula is C22H28F2N6O4. The quantitative estimate of drug-likeness (QED) is 0.241. The molecule has 0 saturated heterocycles. The Morgan fingerprint density at radius 1 is 1.15 bits per heavy atom. The number of allylic oxidation sites excluding steroid dienone is 1. The van der Waals surface area contributed by atoms with Crippen LogP contribution in [0.2, 0.25) is 0 Å². The van der Waals surface area contributed by atoms with Gasteiger partial charge in [0.1, 0.15) is 6.61 Å². The highest BCUT2D eigenvalue weighted by Crippen LogP contribution is 2.31. The predicted molar refractivity (Wildman–Crippen MR) is 122 cm³/mol. The monoisotopic (exact) mass is 478 g/mol. The smallest absolute Gasteiger partial charge is 0.239 e. The number of benzene rings is 1. The van der Waals surface area contributed by atoms with E-state index in [2.05, 4.69) is 25.9 Å². The molecule has 2 aromatic rings. The van der Waals surface area contributed by atoms with E-state index < -0.39 is 18.2 Å². The lowest BCUT2D eigenvalue weighted by Gasteiger charge is -2.13. The first-order chi connectivity index (χ1) is 16.4. The van der Waals surface area contributed by atoms with E-state index in [9.17, 15) is 13.6 Å². The number of anilines is 1. The van der Waals surface area contributed by atoms with Crippen molar-refractivity contribution in [3.8, 4) is 17.2 Å². The second kappa shape index (κ2) is 13.6. The molecule has 184 valence electrons. The molecular weight excluding hydrogens is 450 g/mol. The summed E-state index contributed by atoms with van der Waals surface area (Å²) in [6.45, 7) is 2.26. The van der Waals surface area contributed by atoms with E-state index in [0.717, 1.165) is 25.1 Å². The van der Waals surface area contributed by atoms with Crippen molar-refractivity contribution in [3.63, 3.8) is 0 Å². The lowest BCUT2D eigenvalue weighted by Crippen LogP contribution is -2.32. The molecule has 0 fully saturated rings. The van der Waals surface area contributed by atoms with Crippen LogP contribution in [0.4, 0.5) is 14.7 Å². The summed E-state index contributed by atoms with van der Waals surface area (Å²) in [5.74, 6) is -1.99. The zero-order chi connectivity index (χ0) is 24.9. The summed E-state index contributed by atoms with van der Waals surface area (Å²) in [5.41, 5.74) is -0.0557. The number of methoxy groups -OCH3 is 2. The van der Waals surface area contributed by atoms with Gasteiger partial charge >= 0.3 is 0 Å². The second-order valence-electron chi connectivity index (χ2n) is 6.87. The number of ether oxygens (including phenoxy) is 3. The van der Waals surface area contributed by atoms with Gasteiger partial charge in [-0.3, -0.25) is 4.79 Å². The summed E-state index contributed by atoms with van der Waals surface area (Å²) < 4.78 is 44.1. The van der Waals surface area contributed by atoms with Crippen molar-refractivity contribution in [1.29, 1.82) is 5.41 Å². The van der Waals surface area contributed by atoms with Gasteiger partial charge in [-0.1, -0.05) is 13.3 Å². The summed E-state index contributed by atoms with van der Waals surface area (Å²) in [6.07, 6.45) is 6.98. The fourth-order valence-electron chi connectivity index (χ4n) is 2.64. The molecule has 0 unspecified atom stereocenters. The molecule has 12 heteroatoms. The zero-order valence-electron chi connectivity index (χ0n) is 19.2. The minimum Gasteiger partial charge on any atom is -0.494 e. The van der Waals surface area contributed by atoms with Crippen molar-refractivity contribution in [3.05, 3.63) is 47.6 Å². The van der Waals surface area contributed by atoms with Crippen LogP contribution < -0.4 is 30.2 Å². The van der Waals surface area contributed by atoms with E-state index in [0.29, 0.717) is 12.2 Å². The van der Waals surface area contributed by atoms with Crippen molar-refractivity contribution < 1.29 is 27.8 Å². The first-order valence-electron chi connectivity index (χ1n) is 10.4. The third-order valence-corrected chi connectivity index (χ3v) is 4.46. The molecule has 34 heavy (non-hydrogen) atoms. The average molecular weight is 479 g/mol. The van der Waals surface area contributed by atoms with Crippen LogP contribution >= 0.6 is 0 Å². The van der Waals surface area contributed by atoms with E-state index in [1.54, 1.807) is 0 Å². The second-order valence-corrected chi connectivity index (χ2v) is 6.87. The molecule has 0 saturated carbocycles. The molecule has 0 aliphatic rings. The number of carbonyl (C=O) groups excluding carboxylic acids is 1. The number of unbranched alkanes of at least 4 members (excludes halogenated alkanes) is 1. The topological polar surface area (TPSA) is 130 Å². The first kappa shape index (κ1) is 26.3. The Balaban J connectivity index is 1.95.